The van der Waals surface area contributed by atoms with Crippen LogP contribution in [0.4, 0.5) is 0 Å². The van der Waals surface area contributed by atoms with Gasteiger partial charge in [-0.1, -0.05) is 17.7 Å². The minimum Gasteiger partial charge on any atom is -0.485 e. The number of hydrogen-bond donors (Lipinski definition) is 1. The monoisotopic (exact) mass is 272 g/mol. The summed E-state index contributed by atoms with van der Waals surface area (Å²) in [5.74, 6) is 1.10. The molecule has 1 aromatic rings. The second kappa shape index (κ2) is 4.47. The molecular weight excluding hydrogens is 248 g/mol. The molecule has 0 amide bonds. The third-order valence-corrected chi connectivity index (χ3v) is 5.20. The molecule has 108 valence electrons. The quantitative estimate of drug-likeness (QED) is 0.896. The first kappa shape index (κ1) is 12.7. The van der Waals surface area contributed by atoms with Crippen LogP contribution in [-0.2, 0) is 0 Å². The third kappa shape index (κ3) is 2.04. The Morgan fingerprint density at radius 3 is 2.95 bits per heavy atom. The molecule has 3 aliphatic rings. The number of benzene rings is 1. The largest absolute Gasteiger partial charge is 0.485 e. The van der Waals surface area contributed by atoms with Gasteiger partial charge in [-0.15, -0.1) is 0 Å². The van der Waals surface area contributed by atoms with Crippen molar-refractivity contribution in [2.45, 2.75) is 50.3 Å². The fraction of sp³-hybridized carbons (Fsp3) is 0.647. The Morgan fingerprint density at radius 1 is 1.35 bits per heavy atom. The van der Waals surface area contributed by atoms with Gasteiger partial charge >= 0.3 is 0 Å². The van der Waals surface area contributed by atoms with Crippen molar-refractivity contribution in [2.24, 2.45) is 0 Å². The molecular formula is C17H24N2O. The lowest BCUT2D eigenvalue weighted by Crippen LogP contribution is -2.46. The van der Waals surface area contributed by atoms with E-state index in [1.807, 2.05) is 0 Å². The predicted molar refractivity (Wildman–Crippen MR) is 80.2 cm³/mol. The number of likely N-dealkylation sites (tertiary alicyclic amines) is 1. The maximum Gasteiger partial charge on any atom is 0.125 e. The van der Waals surface area contributed by atoms with Gasteiger partial charge in [-0.05, 0) is 32.9 Å². The lowest BCUT2D eigenvalue weighted by molar-refractivity contribution is 0.0388. The molecule has 3 nitrogen and oxygen atoms in total. The van der Waals surface area contributed by atoms with Crippen molar-refractivity contribution in [1.82, 2.24) is 10.2 Å². The van der Waals surface area contributed by atoms with Gasteiger partial charge in [0.05, 0.1) is 0 Å². The summed E-state index contributed by atoms with van der Waals surface area (Å²) >= 11 is 0. The molecule has 4 rings (SSSR count). The lowest BCUT2D eigenvalue weighted by Gasteiger charge is -2.40. The third-order valence-electron chi connectivity index (χ3n) is 5.20. The van der Waals surface area contributed by atoms with Crippen LogP contribution in [0.15, 0.2) is 18.2 Å². The van der Waals surface area contributed by atoms with Crippen LogP contribution in [0.25, 0.3) is 0 Å². The Hall–Kier alpha value is -1.06. The van der Waals surface area contributed by atoms with Crippen molar-refractivity contribution in [3.05, 3.63) is 29.3 Å². The van der Waals surface area contributed by atoms with E-state index >= 15 is 0 Å². The van der Waals surface area contributed by atoms with E-state index in [9.17, 15) is 0 Å². The topological polar surface area (TPSA) is 24.5 Å². The second-order valence-electron chi connectivity index (χ2n) is 6.82. The first-order valence-corrected chi connectivity index (χ1v) is 7.90. The first-order valence-electron chi connectivity index (χ1n) is 7.90. The molecule has 2 fully saturated rings. The minimum atomic E-state index is 0.0402. The average molecular weight is 272 g/mol. The van der Waals surface area contributed by atoms with E-state index in [2.05, 4.69) is 42.4 Å². The van der Waals surface area contributed by atoms with Crippen LogP contribution in [0.1, 0.15) is 42.9 Å². The number of fused-ring (bicyclic) bond motifs is 1. The predicted octanol–water partition coefficient (Wildman–Crippen LogP) is 2.64. The highest BCUT2D eigenvalue weighted by molar-refractivity contribution is 5.42. The fourth-order valence-corrected chi connectivity index (χ4v) is 3.92. The number of rotatable bonds is 2. The number of aryl methyl sites for hydroxylation is 1. The summed E-state index contributed by atoms with van der Waals surface area (Å²) in [5.41, 5.74) is 2.69. The van der Waals surface area contributed by atoms with Crippen LogP contribution in [-0.4, -0.2) is 36.7 Å². The number of hydrogen-bond acceptors (Lipinski definition) is 3. The Kier molecular flexibility index (Phi) is 2.83. The molecule has 1 saturated heterocycles. The summed E-state index contributed by atoms with van der Waals surface area (Å²) in [7, 11) is 2.07. The highest BCUT2D eigenvalue weighted by Crippen LogP contribution is 2.45. The minimum absolute atomic E-state index is 0.0402. The zero-order valence-electron chi connectivity index (χ0n) is 12.5. The van der Waals surface area contributed by atoms with Gasteiger partial charge in [0.25, 0.3) is 0 Å². The normalized spacial score (nSPS) is 33.2. The van der Waals surface area contributed by atoms with Crippen molar-refractivity contribution in [2.75, 3.05) is 20.1 Å². The molecule has 2 unspecified atom stereocenters. The summed E-state index contributed by atoms with van der Waals surface area (Å²) in [4.78, 5) is 2.64. The molecule has 0 aromatic heterocycles. The van der Waals surface area contributed by atoms with Gasteiger partial charge in [0.1, 0.15) is 11.4 Å². The highest BCUT2D eigenvalue weighted by Gasteiger charge is 2.48. The van der Waals surface area contributed by atoms with Crippen LogP contribution in [0.3, 0.4) is 0 Å². The van der Waals surface area contributed by atoms with E-state index in [4.69, 9.17) is 4.74 Å². The van der Waals surface area contributed by atoms with Gasteiger partial charge in [-0.2, -0.15) is 0 Å². The summed E-state index contributed by atoms with van der Waals surface area (Å²) < 4.78 is 6.49. The zero-order valence-corrected chi connectivity index (χ0v) is 12.5. The smallest absolute Gasteiger partial charge is 0.125 e. The zero-order chi connectivity index (χ0) is 13.7. The van der Waals surface area contributed by atoms with Crippen molar-refractivity contribution < 1.29 is 4.74 Å². The van der Waals surface area contributed by atoms with Crippen LogP contribution in [0.2, 0.25) is 0 Å². The highest BCUT2D eigenvalue weighted by atomic mass is 16.5. The summed E-state index contributed by atoms with van der Waals surface area (Å²) in [6.07, 6.45) is 5.06. The van der Waals surface area contributed by atoms with Crippen molar-refractivity contribution in [3.63, 3.8) is 0 Å². The molecule has 2 aliphatic heterocycles. The SMILES string of the molecule is CNC1CC2(CCN(C3CC3)C2)Oc2ccc(C)cc21. The number of ether oxygens (including phenoxy) is 1. The molecule has 1 aromatic carbocycles. The van der Waals surface area contributed by atoms with Crippen LogP contribution < -0.4 is 10.1 Å². The van der Waals surface area contributed by atoms with Gasteiger partial charge in [0.15, 0.2) is 0 Å². The average Bonchev–Trinajstić information content (AvgIpc) is 3.22. The van der Waals surface area contributed by atoms with E-state index in [0.29, 0.717) is 6.04 Å². The lowest BCUT2D eigenvalue weighted by atomic mass is 9.86. The van der Waals surface area contributed by atoms with Crippen molar-refractivity contribution in [3.8, 4) is 5.75 Å². The first-order chi connectivity index (χ1) is 9.69. The molecule has 2 atom stereocenters. The van der Waals surface area contributed by atoms with Gasteiger partial charge in [0.2, 0.25) is 0 Å². The summed E-state index contributed by atoms with van der Waals surface area (Å²) in [6.45, 7) is 4.48. The van der Waals surface area contributed by atoms with Crippen LogP contribution in [0.5, 0.6) is 5.75 Å². The van der Waals surface area contributed by atoms with E-state index in [1.165, 1.54) is 36.9 Å². The molecule has 1 N–H and O–H groups in total. The van der Waals surface area contributed by atoms with Gasteiger partial charge in [-0.3, -0.25) is 4.90 Å². The van der Waals surface area contributed by atoms with Crippen LogP contribution in [0, 0.1) is 6.92 Å². The van der Waals surface area contributed by atoms with Crippen molar-refractivity contribution in [1.29, 1.82) is 0 Å². The Balaban J connectivity index is 1.63. The van der Waals surface area contributed by atoms with Crippen LogP contribution >= 0.6 is 0 Å². The number of nitrogens with zero attached hydrogens (tertiary/aromatic N) is 1. The van der Waals surface area contributed by atoms with E-state index in [1.54, 1.807) is 0 Å². The molecule has 0 radical (unpaired) electrons. The van der Waals surface area contributed by atoms with E-state index in [-0.39, 0.29) is 5.60 Å². The van der Waals surface area contributed by atoms with Gasteiger partial charge in [0, 0.05) is 43.6 Å². The Bertz CT molecular complexity index is 526. The Morgan fingerprint density at radius 2 is 2.20 bits per heavy atom. The molecule has 0 bridgehead atoms. The van der Waals surface area contributed by atoms with E-state index < -0.39 is 0 Å². The van der Waals surface area contributed by atoms with Gasteiger partial charge < -0.3 is 10.1 Å². The fourth-order valence-electron chi connectivity index (χ4n) is 3.92. The molecule has 1 aliphatic carbocycles. The summed E-state index contributed by atoms with van der Waals surface area (Å²) in [6, 6.07) is 7.88. The Labute approximate surface area is 121 Å². The molecule has 2 heterocycles. The molecule has 3 heteroatoms. The maximum absolute atomic E-state index is 6.49. The molecule has 20 heavy (non-hydrogen) atoms. The van der Waals surface area contributed by atoms with Crippen molar-refractivity contribution >= 4 is 0 Å². The maximum atomic E-state index is 6.49. The van der Waals surface area contributed by atoms with E-state index in [0.717, 1.165) is 24.8 Å². The standard InChI is InChI=1S/C17H24N2O/c1-12-3-6-16-14(9-12)15(18-2)10-17(20-16)7-8-19(11-17)13-4-5-13/h3,6,9,13,15,18H,4-5,7-8,10-11H2,1-2H3. The summed E-state index contributed by atoms with van der Waals surface area (Å²) in [5, 5.41) is 3.50. The molecule has 1 spiro atoms. The number of nitrogens with one attached hydrogen (secondary N) is 1. The second-order valence-corrected chi connectivity index (χ2v) is 6.82. The molecule has 1 saturated carbocycles. The van der Waals surface area contributed by atoms with Gasteiger partial charge in [-0.25, -0.2) is 0 Å².